The summed E-state index contributed by atoms with van der Waals surface area (Å²) in [4.78, 5) is 12.3. The number of amides is 1. The van der Waals surface area contributed by atoms with Crippen LogP contribution in [0.2, 0.25) is 0 Å². The van der Waals surface area contributed by atoms with Crippen LogP contribution in [0.25, 0.3) is 16.8 Å². The lowest BCUT2D eigenvalue weighted by Gasteiger charge is -2.15. The maximum absolute atomic E-state index is 12.3. The van der Waals surface area contributed by atoms with Crippen LogP contribution in [0, 0.1) is 6.92 Å². The summed E-state index contributed by atoms with van der Waals surface area (Å²) in [6.07, 6.45) is -0.549. The lowest BCUT2D eigenvalue weighted by molar-refractivity contribution is 0.159. The molecule has 0 aliphatic rings. The lowest BCUT2D eigenvalue weighted by Crippen LogP contribution is -2.37. The predicted octanol–water partition coefficient (Wildman–Crippen LogP) is 3.88. The van der Waals surface area contributed by atoms with Gasteiger partial charge in [-0.05, 0) is 47.5 Å². The Kier molecular flexibility index (Phi) is 6.79. The van der Waals surface area contributed by atoms with Crippen molar-refractivity contribution in [2.24, 2.45) is 0 Å². The Morgan fingerprint density at radius 2 is 1.83 bits per heavy atom. The van der Waals surface area contributed by atoms with Crippen LogP contribution in [0.3, 0.4) is 0 Å². The number of benzene rings is 2. The van der Waals surface area contributed by atoms with Crippen molar-refractivity contribution < 1.29 is 14.3 Å². The van der Waals surface area contributed by atoms with E-state index in [1.54, 1.807) is 17.9 Å². The number of aryl methyl sites for hydroxylation is 1. The fourth-order valence-corrected chi connectivity index (χ4v) is 3.04. The number of nitrogens with one attached hydrogen (secondary N) is 1. The van der Waals surface area contributed by atoms with E-state index in [0.717, 1.165) is 22.6 Å². The van der Waals surface area contributed by atoms with Crippen molar-refractivity contribution >= 4 is 6.09 Å². The highest BCUT2D eigenvalue weighted by Crippen LogP contribution is 2.29. The van der Waals surface area contributed by atoms with Gasteiger partial charge in [-0.1, -0.05) is 43.7 Å². The predicted molar refractivity (Wildman–Crippen MR) is 114 cm³/mol. The van der Waals surface area contributed by atoms with E-state index >= 15 is 0 Å². The molecule has 3 rings (SSSR count). The molecule has 3 aromatic rings. The van der Waals surface area contributed by atoms with Gasteiger partial charge < -0.3 is 14.8 Å². The Morgan fingerprint density at radius 3 is 2.50 bits per heavy atom. The molecule has 0 fully saturated rings. The molecule has 8 heteroatoms. The second-order valence-electron chi connectivity index (χ2n) is 7.58. The summed E-state index contributed by atoms with van der Waals surface area (Å²) in [7, 11) is 1.58. The van der Waals surface area contributed by atoms with Gasteiger partial charge in [-0.25, -0.2) is 4.79 Å². The summed E-state index contributed by atoms with van der Waals surface area (Å²) < 4.78 is 12.3. The number of nitrogens with zero attached hydrogens (tertiary/aromatic N) is 4. The Labute approximate surface area is 176 Å². The monoisotopic (exact) mass is 409 g/mol. The highest BCUT2D eigenvalue weighted by atomic mass is 16.6. The van der Waals surface area contributed by atoms with Crippen molar-refractivity contribution in [3.63, 3.8) is 0 Å². The molecule has 1 amide bonds. The molecule has 1 atom stereocenters. The molecule has 0 saturated heterocycles. The maximum Gasteiger partial charge on any atom is 0.412 e. The van der Waals surface area contributed by atoms with Gasteiger partial charge in [0.1, 0.15) is 5.75 Å². The Balaban J connectivity index is 1.99. The normalized spacial score (nSPS) is 12.1. The minimum atomic E-state index is -0.549. The lowest BCUT2D eigenvalue weighted by atomic mass is 10.0. The van der Waals surface area contributed by atoms with Crippen LogP contribution in [0.1, 0.15) is 38.1 Å². The fraction of sp³-hybridized carbons (Fsp3) is 0.364. The molecule has 8 nitrogen and oxygen atoms in total. The number of carbonyl (C=O) groups is 1. The average molecular weight is 409 g/mol. The van der Waals surface area contributed by atoms with Gasteiger partial charge in [-0.2, -0.15) is 4.68 Å². The smallest absolute Gasteiger partial charge is 0.410 e. The number of tetrazole rings is 1. The van der Waals surface area contributed by atoms with Crippen LogP contribution in [-0.4, -0.2) is 46.1 Å². The van der Waals surface area contributed by atoms with E-state index in [1.165, 1.54) is 5.56 Å². The number of carbonyl (C=O) groups excluding carboxylic acids is 1. The van der Waals surface area contributed by atoms with Crippen molar-refractivity contribution in [1.82, 2.24) is 25.5 Å². The SMILES string of the molecule is COCC(C)NC(=O)Oc1cc(-c2ccc(C)cc2)cc(-n2nnnc2C(C)C)c1. The zero-order chi connectivity index (χ0) is 21.7. The summed E-state index contributed by atoms with van der Waals surface area (Å²) in [6.45, 7) is 8.32. The number of aromatic nitrogens is 4. The van der Waals surface area contributed by atoms with Crippen LogP contribution in [0.5, 0.6) is 5.75 Å². The van der Waals surface area contributed by atoms with Crippen LogP contribution in [-0.2, 0) is 4.74 Å². The number of rotatable bonds is 7. The average Bonchev–Trinajstić information content (AvgIpc) is 3.18. The van der Waals surface area contributed by atoms with Crippen molar-refractivity contribution in [2.75, 3.05) is 13.7 Å². The third kappa shape index (κ3) is 5.21. The molecule has 0 aliphatic heterocycles. The minimum Gasteiger partial charge on any atom is -0.410 e. The van der Waals surface area contributed by atoms with Crippen molar-refractivity contribution in [1.29, 1.82) is 0 Å². The van der Waals surface area contributed by atoms with Gasteiger partial charge >= 0.3 is 6.09 Å². The first-order chi connectivity index (χ1) is 14.4. The van der Waals surface area contributed by atoms with Gasteiger partial charge in [-0.15, -0.1) is 5.10 Å². The second-order valence-corrected chi connectivity index (χ2v) is 7.58. The molecule has 1 unspecified atom stereocenters. The van der Waals surface area contributed by atoms with Crippen molar-refractivity contribution in [2.45, 2.75) is 39.7 Å². The van der Waals surface area contributed by atoms with E-state index in [1.807, 2.05) is 64.1 Å². The molecule has 0 radical (unpaired) electrons. The molecule has 0 spiro atoms. The van der Waals surface area contributed by atoms with Crippen LogP contribution in [0.15, 0.2) is 42.5 Å². The van der Waals surface area contributed by atoms with Gasteiger partial charge in [0.25, 0.3) is 0 Å². The largest absolute Gasteiger partial charge is 0.412 e. The summed E-state index contributed by atoms with van der Waals surface area (Å²) in [5.41, 5.74) is 3.78. The molecule has 30 heavy (non-hydrogen) atoms. The summed E-state index contributed by atoms with van der Waals surface area (Å²) in [6, 6.07) is 13.5. The Bertz CT molecular complexity index is 998. The maximum atomic E-state index is 12.3. The van der Waals surface area contributed by atoms with Gasteiger partial charge in [0.15, 0.2) is 5.82 Å². The molecule has 2 aromatic carbocycles. The van der Waals surface area contributed by atoms with Crippen LogP contribution < -0.4 is 10.1 Å². The summed E-state index contributed by atoms with van der Waals surface area (Å²) in [5, 5.41) is 14.8. The first kappa shape index (κ1) is 21.4. The van der Waals surface area contributed by atoms with E-state index in [0.29, 0.717) is 12.4 Å². The molecule has 158 valence electrons. The third-order valence-electron chi connectivity index (χ3n) is 4.52. The topological polar surface area (TPSA) is 91.2 Å². The molecule has 1 N–H and O–H groups in total. The van der Waals surface area contributed by atoms with Crippen LogP contribution >= 0.6 is 0 Å². The van der Waals surface area contributed by atoms with E-state index in [-0.39, 0.29) is 12.0 Å². The summed E-state index contributed by atoms with van der Waals surface area (Å²) >= 11 is 0. The van der Waals surface area contributed by atoms with Crippen molar-refractivity contribution in [3.8, 4) is 22.6 Å². The van der Waals surface area contributed by atoms with Gasteiger partial charge in [0, 0.05) is 19.1 Å². The molecular weight excluding hydrogens is 382 g/mol. The second kappa shape index (κ2) is 9.49. The number of methoxy groups -OCH3 is 1. The third-order valence-corrected chi connectivity index (χ3v) is 4.52. The number of hydrogen-bond donors (Lipinski definition) is 1. The molecule has 0 bridgehead atoms. The highest BCUT2D eigenvalue weighted by Gasteiger charge is 2.16. The molecule has 0 saturated carbocycles. The fourth-order valence-electron chi connectivity index (χ4n) is 3.04. The van der Waals surface area contributed by atoms with Crippen molar-refractivity contribution in [3.05, 3.63) is 53.9 Å². The van der Waals surface area contributed by atoms with E-state index < -0.39 is 6.09 Å². The molecule has 0 aliphatic carbocycles. The minimum absolute atomic E-state index is 0.130. The van der Waals surface area contributed by atoms with E-state index in [9.17, 15) is 4.79 Å². The summed E-state index contributed by atoms with van der Waals surface area (Å²) in [5.74, 6) is 1.25. The number of hydrogen-bond acceptors (Lipinski definition) is 6. The van der Waals surface area contributed by atoms with Gasteiger partial charge in [0.05, 0.1) is 18.3 Å². The first-order valence-electron chi connectivity index (χ1n) is 9.85. The van der Waals surface area contributed by atoms with Crippen LogP contribution in [0.4, 0.5) is 4.79 Å². The van der Waals surface area contributed by atoms with Gasteiger partial charge in [-0.3, -0.25) is 0 Å². The first-order valence-corrected chi connectivity index (χ1v) is 9.85. The zero-order valence-electron chi connectivity index (χ0n) is 17.9. The van der Waals surface area contributed by atoms with E-state index in [2.05, 4.69) is 20.8 Å². The van der Waals surface area contributed by atoms with E-state index in [4.69, 9.17) is 9.47 Å². The Morgan fingerprint density at radius 1 is 1.10 bits per heavy atom. The Hall–Kier alpha value is -3.26. The molecular formula is C22H27N5O3. The standard InChI is InChI=1S/C22H27N5O3/c1-14(2)21-24-25-26-27(21)19-10-18(17-8-6-15(3)7-9-17)11-20(12-19)30-22(28)23-16(4)13-29-5/h6-12,14,16H,13H2,1-5H3,(H,23,28). The quantitative estimate of drug-likeness (QED) is 0.637. The highest BCUT2D eigenvalue weighted by molar-refractivity contribution is 5.74. The zero-order valence-corrected chi connectivity index (χ0v) is 17.9. The number of ether oxygens (including phenoxy) is 2. The van der Waals surface area contributed by atoms with Gasteiger partial charge in [0.2, 0.25) is 0 Å². The molecule has 1 heterocycles. The molecule has 1 aromatic heterocycles.